The fourth-order valence-corrected chi connectivity index (χ4v) is 3.38. The van der Waals surface area contributed by atoms with Crippen LogP contribution in [0.4, 0.5) is 4.39 Å². The van der Waals surface area contributed by atoms with Gasteiger partial charge in [-0.25, -0.2) is 4.39 Å². The first-order valence-corrected chi connectivity index (χ1v) is 8.93. The second-order valence-electron chi connectivity index (χ2n) is 6.66. The van der Waals surface area contributed by atoms with Crippen LogP contribution < -0.4 is 5.32 Å². The zero-order chi connectivity index (χ0) is 19.7. The largest absolute Gasteiger partial charge is 0.354 e. The number of fused-ring (bicyclic) bond motifs is 2. The number of hydrogen-bond donors (Lipinski definition) is 1. The third kappa shape index (κ3) is 3.36. The van der Waals surface area contributed by atoms with Gasteiger partial charge in [0.15, 0.2) is 0 Å². The molecule has 1 aliphatic rings. The van der Waals surface area contributed by atoms with E-state index in [0.29, 0.717) is 16.7 Å². The summed E-state index contributed by atoms with van der Waals surface area (Å²) in [5, 5.41) is 4.46. The molecule has 0 saturated carbocycles. The predicted molar refractivity (Wildman–Crippen MR) is 102 cm³/mol. The topological polar surface area (TPSA) is 66.5 Å². The number of benzene rings is 3. The van der Waals surface area contributed by atoms with Crippen molar-refractivity contribution < 1.29 is 18.8 Å². The van der Waals surface area contributed by atoms with Crippen molar-refractivity contribution in [2.45, 2.75) is 6.42 Å². The first-order valence-electron chi connectivity index (χ1n) is 8.93. The third-order valence-electron chi connectivity index (χ3n) is 4.75. The van der Waals surface area contributed by atoms with E-state index in [1.165, 1.54) is 12.1 Å². The highest BCUT2D eigenvalue weighted by Gasteiger charge is 2.35. The Morgan fingerprint density at radius 3 is 2.14 bits per heavy atom. The predicted octanol–water partition coefficient (Wildman–Crippen LogP) is 2.93. The van der Waals surface area contributed by atoms with Crippen molar-refractivity contribution in [3.8, 4) is 0 Å². The Labute approximate surface area is 160 Å². The second kappa shape index (κ2) is 7.23. The lowest BCUT2D eigenvalue weighted by Gasteiger charge is -2.14. The van der Waals surface area contributed by atoms with E-state index in [2.05, 4.69) is 5.32 Å². The van der Waals surface area contributed by atoms with E-state index in [1.807, 2.05) is 24.3 Å². The summed E-state index contributed by atoms with van der Waals surface area (Å²) in [6.45, 7) is 0.219. The minimum Gasteiger partial charge on any atom is -0.354 e. The Bertz CT molecular complexity index is 1060. The molecule has 0 atom stereocenters. The normalized spacial score (nSPS) is 13.1. The maximum atomic E-state index is 13.2. The summed E-state index contributed by atoms with van der Waals surface area (Å²) < 4.78 is 13.2. The van der Waals surface area contributed by atoms with Crippen molar-refractivity contribution in [1.29, 1.82) is 0 Å². The average Bonchev–Trinajstić information content (AvgIpc) is 2.91. The van der Waals surface area contributed by atoms with Gasteiger partial charge in [-0.05, 0) is 40.6 Å². The molecule has 0 aliphatic carbocycles. The van der Waals surface area contributed by atoms with E-state index < -0.39 is 5.82 Å². The zero-order valence-electron chi connectivity index (χ0n) is 14.9. The van der Waals surface area contributed by atoms with Crippen LogP contribution in [0.1, 0.15) is 26.3 Å². The van der Waals surface area contributed by atoms with Gasteiger partial charge in [0.1, 0.15) is 5.82 Å². The lowest BCUT2D eigenvalue weighted by Crippen LogP contribution is -2.38. The van der Waals surface area contributed by atoms with Gasteiger partial charge in [-0.3, -0.25) is 19.3 Å². The molecule has 1 N–H and O–H groups in total. The second-order valence-corrected chi connectivity index (χ2v) is 6.66. The average molecular weight is 376 g/mol. The molecule has 0 unspecified atom stereocenters. The monoisotopic (exact) mass is 376 g/mol. The maximum Gasteiger partial charge on any atom is 0.261 e. The summed E-state index contributed by atoms with van der Waals surface area (Å²) in [6.07, 6.45) is 0.0330. The Hall–Kier alpha value is -3.54. The molecule has 1 heterocycles. The van der Waals surface area contributed by atoms with Crippen molar-refractivity contribution in [3.05, 3.63) is 83.2 Å². The number of carbonyl (C=O) groups excluding carboxylic acids is 3. The molecule has 0 aromatic heterocycles. The third-order valence-corrected chi connectivity index (χ3v) is 4.75. The van der Waals surface area contributed by atoms with Gasteiger partial charge < -0.3 is 5.32 Å². The van der Waals surface area contributed by atoms with E-state index in [4.69, 9.17) is 0 Å². The van der Waals surface area contributed by atoms with Gasteiger partial charge in [0.05, 0.1) is 17.5 Å². The molecule has 0 spiro atoms. The smallest absolute Gasteiger partial charge is 0.261 e. The standard InChI is InChI=1S/C22H17FN2O3/c23-17-7-3-4-14(10-17)11-20(26)24-8-9-25-21(27)18-12-15-5-1-2-6-16(15)13-19(18)22(25)28/h1-7,10,12-13H,8-9,11H2,(H,24,26). The van der Waals surface area contributed by atoms with Gasteiger partial charge in [0.25, 0.3) is 11.8 Å². The van der Waals surface area contributed by atoms with Crippen LogP contribution in [0.15, 0.2) is 60.7 Å². The van der Waals surface area contributed by atoms with Crippen LogP contribution in [0.25, 0.3) is 10.8 Å². The Kier molecular flexibility index (Phi) is 4.61. The van der Waals surface area contributed by atoms with Gasteiger partial charge in [0, 0.05) is 13.1 Å². The molecule has 0 bridgehead atoms. The summed E-state index contributed by atoms with van der Waals surface area (Å²) in [5.41, 5.74) is 1.33. The Balaban J connectivity index is 1.40. The van der Waals surface area contributed by atoms with Crippen molar-refractivity contribution in [3.63, 3.8) is 0 Å². The van der Waals surface area contributed by atoms with Crippen LogP contribution in [0.2, 0.25) is 0 Å². The number of imide groups is 1. The highest BCUT2D eigenvalue weighted by Crippen LogP contribution is 2.27. The van der Waals surface area contributed by atoms with Crippen LogP contribution >= 0.6 is 0 Å². The Morgan fingerprint density at radius 1 is 0.893 bits per heavy atom. The molecule has 28 heavy (non-hydrogen) atoms. The number of nitrogens with one attached hydrogen (secondary N) is 1. The van der Waals surface area contributed by atoms with Crippen molar-refractivity contribution >= 4 is 28.5 Å². The van der Waals surface area contributed by atoms with Gasteiger partial charge in [-0.2, -0.15) is 0 Å². The van der Waals surface area contributed by atoms with Gasteiger partial charge in [-0.15, -0.1) is 0 Å². The van der Waals surface area contributed by atoms with E-state index in [9.17, 15) is 18.8 Å². The number of nitrogens with zero attached hydrogens (tertiary/aromatic N) is 1. The van der Waals surface area contributed by atoms with E-state index in [-0.39, 0.29) is 37.2 Å². The fraction of sp³-hybridized carbons (Fsp3) is 0.136. The molecule has 4 rings (SSSR count). The molecule has 6 heteroatoms. The van der Waals surface area contributed by atoms with Crippen molar-refractivity contribution in [2.24, 2.45) is 0 Å². The molecular formula is C22H17FN2O3. The first kappa shape index (κ1) is 17.9. The van der Waals surface area contributed by atoms with E-state index >= 15 is 0 Å². The molecule has 0 saturated heterocycles. The lowest BCUT2D eigenvalue weighted by molar-refractivity contribution is -0.120. The van der Waals surface area contributed by atoms with E-state index in [0.717, 1.165) is 15.7 Å². The summed E-state index contributed by atoms with van der Waals surface area (Å²) in [5.74, 6) is -1.41. The van der Waals surface area contributed by atoms with Crippen molar-refractivity contribution in [2.75, 3.05) is 13.1 Å². The van der Waals surface area contributed by atoms with Crippen LogP contribution in [0.5, 0.6) is 0 Å². The molecule has 3 aromatic carbocycles. The zero-order valence-corrected chi connectivity index (χ0v) is 14.9. The van der Waals surface area contributed by atoms with Gasteiger partial charge in [0.2, 0.25) is 5.91 Å². The highest BCUT2D eigenvalue weighted by atomic mass is 19.1. The highest BCUT2D eigenvalue weighted by molar-refractivity contribution is 6.23. The minimum atomic E-state index is -0.399. The molecule has 0 radical (unpaired) electrons. The van der Waals surface area contributed by atoms with Crippen LogP contribution in [-0.4, -0.2) is 35.7 Å². The van der Waals surface area contributed by atoms with Crippen LogP contribution in [0, 0.1) is 5.82 Å². The fourth-order valence-electron chi connectivity index (χ4n) is 3.38. The molecule has 1 aliphatic heterocycles. The SMILES string of the molecule is O=C(Cc1cccc(F)c1)NCCN1C(=O)c2cc3ccccc3cc2C1=O. The Morgan fingerprint density at radius 2 is 1.54 bits per heavy atom. The number of hydrogen-bond acceptors (Lipinski definition) is 3. The molecule has 5 nitrogen and oxygen atoms in total. The molecule has 3 amide bonds. The lowest BCUT2D eigenvalue weighted by atomic mass is 10.0. The number of rotatable bonds is 5. The van der Waals surface area contributed by atoms with Crippen LogP contribution in [0.3, 0.4) is 0 Å². The number of carbonyl (C=O) groups is 3. The van der Waals surface area contributed by atoms with Gasteiger partial charge in [-0.1, -0.05) is 36.4 Å². The minimum absolute atomic E-state index is 0.0330. The number of amides is 3. The molecule has 140 valence electrons. The van der Waals surface area contributed by atoms with Gasteiger partial charge >= 0.3 is 0 Å². The molecule has 3 aromatic rings. The quantitative estimate of drug-likeness (QED) is 0.697. The summed E-state index contributed by atoms with van der Waals surface area (Å²) in [6, 6.07) is 16.8. The molecule has 0 fully saturated rings. The number of halogens is 1. The summed E-state index contributed by atoms with van der Waals surface area (Å²) >= 11 is 0. The summed E-state index contributed by atoms with van der Waals surface area (Å²) in [7, 11) is 0. The first-order chi connectivity index (χ1) is 13.5. The molecular weight excluding hydrogens is 359 g/mol. The van der Waals surface area contributed by atoms with Crippen LogP contribution in [-0.2, 0) is 11.2 Å². The summed E-state index contributed by atoms with van der Waals surface area (Å²) in [4.78, 5) is 38.4. The maximum absolute atomic E-state index is 13.2. The van der Waals surface area contributed by atoms with Crippen molar-refractivity contribution in [1.82, 2.24) is 10.2 Å². The van der Waals surface area contributed by atoms with E-state index in [1.54, 1.807) is 24.3 Å².